The van der Waals surface area contributed by atoms with E-state index in [4.69, 9.17) is 9.53 Å². The largest absolute Gasteiger partial charge is 0.464 e. The smallest absolute Gasteiger partial charge is 0.423 e. The third kappa shape index (κ3) is 3.33. The topological polar surface area (TPSA) is 93.1 Å². The molecule has 1 rings (SSSR count). The van der Waals surface area contributed by atoms with Crippen molar-refractivity contribution in [3.63, 3.8) is 0 Å². The van der Waals surface area contributed by atoms with Crippen molar-refractivity contribution < 1.29 is 26.9 Å². The Morgan fingerprint density at radius 2 is 1.95 bits per heavy atom. The molecule has 0 unspecified atom stereocenters. The average Bonchev–Trinajstić information content (AvgIpc) is 2.51. The van der Waals surface area contributed by atoms with Gasteiger partial charge < -0.3 is 9.53 Å². The summed E-state index contributed by atoms with van der Waals surface area (Å²) in [5, 5.41) is 9.00. The van der Waals surface area contributed by atoms with Crippen LogP contribution < -0.4 is 0 Å². The van der Waals surface area contributed by atoms with Gasteiger partial charge in [0, 0.05) is 0 Å². The molecule has 0 spiro atoms. The molecule has 1 amide bonds. The molecule has 0 aliphatic carbocycles. The Kier molecular flexibility index (Phi) is 4.60. The number of rotatable bonds is 3. The van der Waals surface area contributed by atoms with E-state index in [-0.39, 0.29) is 11.6 Å². The molecule has 0 aromatic carbocycles. The highest BCUT2D eigenvalue weighted by molar-refractivity contribution is 7.85. The number of carbonyl (C=O) groups is 1. The highest BCUT2D eigenvalue weighted by atomic mass is 32.2. The van der Waals surface area contributed by atoms with Crippen LogP contribution >= 0.6 is 0 Å². The van der Waals surface area contributed by atoms with Crippen LogP contribution in [0.1, 0.15) is 27.7 Å². The number of amides is 1. The van der Waals surface area contributed by atoms with Crippen molar-refractivity contribution in [3.8, 4) is 0 Å². The van der Waals surface area contributed by atoms with Gasteiger partial charge in [0.1, 0.15) is 6.04 Å². The van der Waals surface area contributed by atoms with E-state index in [0.717, 1.165) is 0 Å². The Labute approximate surface area is 121 Å². The van der Waals surface area contributed by atoms with E-state index < -0.39 is 36.9 Å². The Hall–Kier alpha value is -0.643. The first kappa shape index (κ1) is 17.4. The molecule has 9 heteroatoms. The molecule has 0 aromatic rings. The maximum absolute atomic E-state index is 11.6. The Morgan fingerprint density at radius 1 is 1.45 bits per heavy atom. The van der Waals surface area contributed by atoms with Crippen LogP contribution in [0.3, 0.4) is 0 Å². The second-order valence-corrected chi connectivity index (χ2v) is 12.7. The van der Waals surface area contributed by atoms with E-state index in [1.807, 2.05) is 13.1 Å². The van der Waals surface area contributed by atoms with E-state index in [1.54, 1.807) is 6.92 Å². The van der Waals surface area contributed by atoms with E-state index >= 15 is 0 Å². The van der Waals surface area contributed by atoms with E-state index in [1.165, 1.54) is 0 Å². The third-order valence-electron chi connectivity index (χ3n) is 3.95. The van der Waals surface area contributed by atoms with Gasteiger partial charge in [0.05, 0.1) is 12.7 Å². The summed E-state index contributed by atoms with van der Waals surface area (Å²) in [5.74, 6) is 0. The van der Waals surface area contributed by atoms with Gasteiger partial charge in [-0.3, -0.25) is 4.18 Å². The molecule has 0 aromatic heterocycles. The molecule has 0 saturated carbocycles. The monoisotopic (exact) mass is 325 g/mol. The van der Waals surface area contributed by atoms with Crippen LogP contribution in [0.15, 0.2) is 0 Å². The highest BCUT2D eigenvalue weighted by Gasteiger charge is 2.48. The minimum Gasteiger partial charge on any atom is -0.464 e. The summed E-state index contributed by atoms with van der Waals surface area (Å²) in [6.07, 6.45) is -2.09. The van der Waals surface area contributed by atoms with Gasteiger partial charge in [-0.15, -0.1) is 0 Å². The summed E-state index contributed by atoms with van der Waals surface area (Å²) >= 11 is 0. The standard InChI is InChI=1S/C11H23NO6SSi/c1-8(18-20(5,6)11(2,3)4)9-7-17-19(15,16)12(9)10(13)14/h8-9H,7H2,1-6H3,(H,13,14)/t8-,9+/m0/s1. The summed E-state index contributed by atoms with van der Waals surface area (Å²) in [6, 6.07) is -0.841. The molecule has 1 saturated heterocycles. The SMILES string of the molecule is C[C@H](O[Si](C)(C)C(C)(C)C)[C@H]1COS(=O)(=O)N1C(=O)O. The van der Waals surface area contributed by atoms with Crippen molar-refractivity contribution in [2.24, 2.45) is 0 Å². The first-order valence-electron chi connectivity index (χ1n) is 6.39. The first-order chi connectivity index (χ1) is 8.79. The van der Waals surface area contributed by atoms with Crippen molar-refractivity contribution in [1.29, 1.82) is 0 Å². The predicted molar refractivity (Wildman–Crippen MR) is 76.3 cm³/mol. The fraction of sp³-hybridized carbons (Fsp3) is 0.909. The highest BCUT2D eigenvalue weighted by Crippen LogP contribution is 2.38. The first-order valence-corrected chi connectivity index (χ1v) is 10.7. The van der Waals surface area contributed by atoms with Gasteiger partial charge in [-0.2, -0.15) is 12.7 Å². The Bertz CT molecular complexity index is 484. The molecule has 2 atom stereocenters. The van der Waals surface area contributed by atoms with Crippen LogP contribution in [0.5, 0.6) is 0 Å². The van der Waals surface area contributed by atoms with Crippen LogP contribution in [0.25, 0.3) is 0 Å². The normalized spacial score (nSPS) is 24.7. The van der Waals surface area contributed by atoms with Gasteiger partial charge in [0.25, 0.3) is 0 Å². The number of hydrogen-bond acceptors (Lipinski definition) is 5. The lowest BCUT2D eigenvalue weighted by atomic mass is 10.2. The van der Waals surface area contributed by atoms with E-state index in [2.05, 4.69) is 25.0 Å². The molecular weight excluding hydrogens is 302 g/mol. The van der Waals surface area contributed by atoms with Crippen molar-refractivity contribution >= 4 is 24.7 Å². The number of nitrogens with zero attached hydrogens (tertiary/aromatic N) is 1. The van der Waals surface area contributed by atoms with Crippen molar-refractivity contribution in [3.05, 3.63) is 0 Å². The van der Waals surface area contributed by atoms with Gasteiger partial charge in [-0.25, -0.2) is 4.79 Å². The van der Waals surface area contributed by atoms with Crippen LogP contribution in [0.4, 0.5) is 4.79 Å². The summed E-state index contributed by atoms with van der Waals surface area (Å²) < 4.78 is 34.1. The zero-order chi connectivity index (χ0) is 15.9. The van der Waals surface area contributed by atoms with Crippen LogP contribution in [0, 0.1) is 0 Å². The molecule has 1 fully saturated rings. The maximum atomic E-state index is 11.6. The predicted octanol–water partition coefficient (Wildman–Crippen LogP) is 2.02. The second-order valence-electron chi connectivity index (χ2n) is 6.47. The Morgan fingerprint density at radius 3 is 2.35 bits per heavy atom. The van der Waals surface area contributed by atoms with Gasteiger partial charge in [0.2, 0.25) is 0 Å². The Balaban J connectivity index is 2.94. The lowest BCUT2D eigenvalue weighted by Crippen LogP contribution is -2.51. The lowest BCUT2D eigenvalue weighted by molar-refractivity contribution is 0.102. The molecule has 1 N–H and O–H groups in total. The molecule has 0 bridgehead atoms. The van der Waals surface area contributed by atoms with Crippen LogP contribution in [-0.2, 0) is 18.9 Å². The average molecular weight is 325 g/mol. The van der Waals surface area contributed by atoms with Gasteiger partial charge in [-0.1, -0.05) is 20.8 Å². The van der Waals surface area contributed by atoms with Crippen molar-refractivity contribution in [2.45, 2.75) is 58.0 Å². The quantitative estimate of drug-likeness (QED) is 0.798. The number of hydrogen-bond donors (Lipinski definition) is 1. The van der Waals surface area contributed by atoms with Crippen molar-refractivity contribution in [2.75, 3.05) is 6.61 Å². The second kappa shape index (κ2) is 5.28. The zero-order valence-electron chi connectivity index (χ0n) is 12.7. The fourth-order valence-electron chi connectivity index (χ4n) is 1.73. The molecule has 1 heterocycles. The zero-order valence-corrected chi connectivity index (χ0v) is 14.5. The molecule has 118 valence electrons. The summed E-state index contributed by atoms with van der Waals surface area (Å²) in [5.41, 5.74) is 0. The number of carboxylic acid groups (broad SMARTS) is 1. The maximum Gasteiger partial charge on any atom is 0.423 e. The fourth-order valence-corrected chi connectivity index (χ4v) is 4.35. The molecule has 0 radical (unpaired) electrons. The van der Waals surface area contributed by atoms with Crippen molar-refractivity contribution in [1.82, 2.24) is 4.31 Å². The van der Waals surface area contributed by atoms with Gasteiger partial charge in [-0.05, 0) is 25.1 Å². The van der Waals surface area contributed by atoms with Gasteiger partial charge in [0.15, 0.2) is 8.32 Å². The van der Waals surface area contributed by atoms with Crippen LogP contribution in [0.2, 0.25) is 18.1 Å². The molecule has 7 nitrogen and oxygen atoms in total. The van der Waals surface area contributed by atoms with Gasteiger partial charge >= 0.3 is 16.4 Å². The molecule has 20 heavy (non-hydrogen) atoms. The minimum absolute atomic E-state index is 0.0480. The van der Waals surface area contributed by atoms with E-state index in [9.17, 15) is 13.2 Å². The van der Waals surface area contributed by atoms with E-state index in [0.29, 0.717) is 4.31 Å². The minimum atomic E-state index is -4.20. The summed E-state index contributed by atoms with van der Waals surface area (Å²) in [6.45, 7) is 11.7. The summed E-state index contributed by atoms with van der Waals surface area (Å²) in [7, 11) is -6.32. The molecule has 1 aliphatic heterocycles. The lowest BCUT2D eigenvalue weighted by Gasteiger charge is -2.40. The molecular formula is C11H23NO6SSi. The molecule has 1 aliphatic rings. The summed E-state index contributed by atoms with van der Waals surface area (Å²) in [4.78, 5) is 11.1. The third-order valence-corrected chi connectivity index (χ3v) is 9.86. The van der Waals surface area contributed by atoms with Crippen LogP contribution in [-0.4, -0.2) is 51.0 Å².